The van der Waals surface area contributed by atoms with Gasteiger partial charge in [-0.1, -0.05) is 53.6 Å². The lowest BCUT2D eigenvalue weighted by atomic mass is 10.1. The second kappa shape index (κ2) is 8.03. The third kappa shape index (κ3) is 4.81. The van der Waals surface area contributed by atoms with Crippen LogP contribution >= 0.6 is 11.6 Å². The van der Waals surface area contributed by atoms with E-state index < -0.39 is 10.1 Å². The molecule has 3 aromatic rings. The Bertz CT molecular complexity index is 1050. The molecule has 0 radical (unpaired) electrons. The molecule has 0 atom stereocenters. The van der Waals surface area contributed by atoms with Crippen LogP contribution in [0.3, 0.4) is 0 Å². The van der Waals surface area contributed by atoms with E-state index in [1.54, 1.807) is 36.4 Å². The fourth-order valence-corrected chi connectivity index (χ4v) is 3.71. The van der Waals surface area contributed by atoms with Gasteiger partial charge in [0.1, 0.15) is 10.6 Å². The van der Waals surface area contributed by atoms with Crippen molar-refractivity contribution in [3.63, 3.8) is 0 Å². The zero-order chi connectivity index (χ0) is 19.4. The summed E-state index contributed by atoms with van der Waals surface area (Å²) in [5.41, 5.74) is 3.65. The maximum atomic E-state index is 12.6. The van der Waals surface area contributed by atoms with Gasteiger partial charge in [0.15, 0.2) is 0 Å². The van der Waals surface area contributed by atoms with Crippen molar-refractivity contribution in [2.24, 2.45) is 0 Å². The van der Waals surface area contributed by atoms with Crippen molar-refractivity contribution in [3.05, 3.63) is 88.4 Å². The molecule has 140 valence electrons. The van der Waals surface area contributed by atoms with Crippen LogP contribution in [0.4, 0.5) is 5.69 Å². The molecule has 0 aliphatic heterocycles. The highest BCUT2D eigenvalue weighted by Crippen LogP contribution is 2.26. The van der Waals surface area contributed by atoms with Gasteiger partial charge >= 0.3 is 10.1 Å². The van der Waals surface area contributed by atoms with Gasteiger partial charge in [-0.15, -0.1) is 0 Å². The van der Waals surface area contributed by atoms with Gasteiger partial charge < -0.3 is 9.50 Å². The summed E-state index contributed by atoms with van der Waals surface area (Å²) in [7, 11) is -3.90. The third-order valence-electron chi connectivity index (χ3n) is 4.15. The van der Waals surface area contributed by atoms with Crippen LogP contribution in [0, 0.1) is 13.8 Å². The van der Waals surface area contributed by atoms with Crippen LogP contribution in [0.2, 0.25) is 5.02 Å². The van der Waals surface area contributed by atoms with Crippen molar-refractivity contribution in [2.45, 2.75) is 25.3 Å². The molecule has 4 nitrogen and oxygen atoms in total. The average Bonchev–Trinajstić information content (AvgIpc) is 2.63. The van der Waals surface area contributed by atoms with Gasteiger partial charge in [0.05, 0.1) is 0 Å². The van der Waals surface area contributed by atoms with E-state index in [4.69, 9.17) is 15.8 Å². The molecule has 0 saturated carbocycles. The van der Waals surface area contributed by atoms with Gasteiger partial charge in [-0.25, -0.2) is 0 Å². The van der Waals surface area contributed by atoms with Gasteiger partial charge in [0.25, 0.3) is 0 Å². The van der Waals surface area contributed by atoms with Crippen molar-refractivity contribution < 1.29 is 12.6 Å². The third-order valence-corrected chi connectivity index (χ3v) is 5.63. The van der Waals surface area contributed by atoms with Gasteiger partial charge in [0.2, 0.25) is 0 Å². The zero-order valence-electron chi connectivity index (χ0n) is 15.1. The lowest BCUT2D eigenvalue weighted by Gasteiger charge is -2.14. The smallest absolute Gasteiger partial charge is 0.339 e. The Morgan fingerprint density at radius 1 is 0.963 bits per heavy atom. The molecule has 27 heavy (non-hydrogen) atoms. The highest BCUT2D eigenvalue weighted by atomic mass is 35.5. The normalized spacial score (nSPS) is 11.2. The predicted molar refractivity (Wildman–Crippen MR) is 109 cm³/mol. The van der Waals surface area contributed by atoms with Crippen LogP contribution in [-0.4, -0.2) is 8.42 Å². The molecule has 0 heterocycles. The van der Waals surface area contributed by atoms with Gasteiger partial charge in [-0.3, -0.25) is 0 Å². The predicted octanol–water partition coefficient (Wildman–Crippen LogP) is 5.34. The van der Waals surface area contributed by atoms with Crippen LogP contribution < -0.4 is 9.50 Å². The van der Waals surface area contributed by atoms with E-state index in [1.807, 2.05) is 44.2 Å². The molecule has 0 aliphatic rings. The highest BCUT2D eigenvalue weighted by molar-refractivity contribution is 7.87. The Labute approximate surface area is 164 Å². The van der Waals surface area contributed by atoms with Crippen LogP contribution in [0.5, 0.6) is 5.75 Å². The molecule has 6 heteroatoms. The van der Waals surface area contributed by atoms with Gasteiger partial charge in [0, 0.05) is 22.8 Å². The number of rotatable bonds is 6. The molecule has 0 amide bonds. The minimum Gasteiger partial charge on any atom is -0.381 e. The number of nitrogens with one attached hydrogen (secondary N) is 1. The maximum Gasteiger partial charge on any atom is 0.339 e. The van der Waals surface area contributed by atoms with Crippen molar-refractivity contribution in [1.82, 2.24) is 0 Å². The molecule has 3 aromatic carbocycles. The fourth-order valence-electron chi connectivity index (χ4n) is 2.58. The number of anilines is 1. The summed E-state index contributed by atoms with van der Waals surface area (Å²) in [5.74, 6) is 0.297. The minimum absolute atomic E-state index is 0.126. The molecule has 0 unspecified atom stereocenters. The molecule has 0 fully saturated rings. The summed E-state index contributed by atoms with van der Waals surface area (Å²) >= 11 is 6.05. The van der Waals surface area contributed by atoms with Crippen molar-refractivity contribution in [3.8, 4) is 5.75 Å². The first-order valence-corrected chi connectivity index (χ1v) is 10.2. The summed E-state index contributed by atoms with van der Waals surface area (Å²) < 4.78 is 30.6. The van der Waals surface area contributed by atoms with Gasteiger partial charge in [-0.05, 0) is 49.7 Å². The van der Waals surface area contributed by atoms with E-state index in [-0.39, 0.29) is 4.90 Å². The molecule has 0 bridgehead atoms. The Hall–Kier alpha value is -2.50. The molecule has 0 aromatic heterocycles. The molecule has 3 rings (SSSR count). The first-order valence-electron chi connectivity index (χ1n) is 8.44. The molecular formula is C21H20ClNO3S. The van der Waals surface area contributed by atoms with Crippen molar-refractivity contribution in [1.29, 1.82) is 0 Å². The van der Waals surface area contributed by atoms with E-state index in [1.165, 1.54) is 0 Å². The van der Waals surface area contributed by atoms with Crippen LogP contribution in [0.1, 0.15) is 16.7 Å². The molecule has 0 aliphatic carbocycles. The largest absolute Gasteiger partial charge is 0.381 e. The summed E-state index contributed by atoms with van der Waals surface area (Å²) in [6.45, 7) is 4.28. The molecule has 0 saturated heterocycles. The topological polar surface area (TPSA) is 55.4 Å². The van der Waals surface area contributed by atoms with E-state index in [9.17, 15) is 8.42 Å². The summed E-state index contributed by atoms with van der Waals surface area (Å²) in [5, 5.41) is 3.92. The molecule has 0 spiro atoms. The average molecular weight is 402 g/mol. The standard InChI is InChI=1S/C21H20ClNO3S/c1-15-7-11-19(12-8-15)27(24,25)26-21-6-4-3-5-17(21)14-23-20-13-18(22)10-9-16(20)2/h3-13,23H,14H2,1-2H3. The monoisotopic (exact) mass is 401 g/mol. The molecule has 1 N–H and O–H groups in total. The number of hydrogen-bond donors (Lipinski definition) is 1. The summed E-state index contributed by atoms with van der Waals surface area (Å²) in [4.78, 5) is 0.126. The Morgan fingerprint density at radius 3 is 2.41 bits per heavy atom. The second-order valence-electron chi connectivity index (χ2n) is 6.27. The number of benzene rings is 3. The Balaban J connectivity index is 1.81. The van der Waals surface area contributed by atoms with Crippen molar-refractivity contribution >= 4 is 27.4 Å². The van der Waals surface area contributed by atoms with E-state index in [0.29, 0.717) is 17.3 Å². The lowest BCUT2D eigenvalue weighted by Crippen LogP contribution is -2.12. The van der Waals surface area contributed by atoms with Crippen LogP contribution in [0.25, 0.3) is 0 Å². The first-order chi connectivity index (χ1) is 12.8. The van der Waals surface area contributed by atoms with Gasteiger partial charge in [-0.2, -0.15) is 8.42 Å². The first kappa shape index (κ1) is 19.3. The number of aryl methyl sites for hydroxylation is 2. The quantitative estimate of drug-likeness (QED) is 0.566. The SMILES string of the molecule is Cc1ccc(S(=O)(=O)Oc2ccccc2CNc2cc(Cl)ccc2C)cc1. The summed E-state index contributed by atoms with van der Waals surface area (Å²) in [6, 6.07) is 19.2. The Kier molecular flexibility index (Phi) is 5.73. The molecular weight excluding hydrogens is 382 g/mol. The maximum absolute atomic E-state index is 12.6. The van der Waals surface area contributed by atoms with Crippen LogP contribution in [-0.2, 0) is 16.7 Å². The number of halogens is 1. The lowest BCUT2D eigenvalue weighted by molar-refractivity contribution is 0.483. The van der Waals surface area contributed by atoms with E-state index >= 15 is 0 Å². The van der Waals surface area contributed by atoms with E-state index in [2.05, 4.69) is 5.32 Å². The Morgan fingerprint density at radius 2 is 1.67 bits per heavy atom. The second-order valence-corrected chi connectivity index (χ2v) is 8.25. The van der Waals surface area contributed by atoms with Crippen LogP contribution in [0.15, 0.2) is 71.6 Å². The zero-order valence-corrected chi connectivity index (χ0v) is 16.6. The fraction of sp³-hybridized carbons (Fsp3) is 0.143. The van der Waals surface area contributed by atoms with Crippen molar-refractivity contribution in [2.75, 3.05) is 5.32 Å². The minimum atomic E-state index is -3.90. The summed E-state index contributed by atoms with van der Waals surface area (Å²) in [6.07, 6.45) is 0. The van der Waals surface area contributed by atoms with E-state index in [0.717, 1.165) is 22.4 Å². The number of para-hydroxylation sites is 1. The highest BCUT2D eigenvalue weighted by Gasteiger charge is 2.18. The number of hydrogen-bond acceptors (Lipinski definition) is 4.